The highest BCUT2D eigenvalue weighted by Gasteiger charge is 2.27. The smallest absolute Gasteiger partial charge is 0.434 e. The monoisotopic (exact) mass is 619 g/mol. The molecule has 1 unspecified atom stereocenters. The van der Waals surface area contributed by atoms with Gasteiger partial charge in [0.15, 0.2) is 0 Å². The molecule has 0 saturated heterocycles. The molecule has 0 spiro atoms. The highest BCUT2D eigenvalue weighted by molar-refractivity contribution is 6.31. The minimum absolute atomic E-state index is 0.256. The Morgan fingerprint density at radius 2 is 1.82 bits per heavy atom. The van der Waals surface area contributed by atoms with Crippen LogP contribution in [-0.4, -0.2) is 38.6 Å². The van der Waals surface area contributed by atoms with E-state index in [1.165, 1.54) is 47.8 Å². The van der Waals surface area contributed by atoms with E-state index < -0.39 is 34.8 Å². The first-order valence-corrected chi connectivity index (χ1v) is 14.5. The van der Waals surface area contributed by atoms with Gasteiger partial charge in [-0.25, -0.2) is 9.48 Å². The lowest BCUT2D eigenvalue weighted by Gasteiger charge is -2.25. The van der Waals surface area contributed by atoms with E-state index in [0.717, 1.165) is 11.1 Å². The zero-order valence-electron chi connectivity index (χ0n) is 25.4. The fraction of sp³-hybridized carbons (Fsp3) is 0.344. The number of rotatable bonds is 9. The molecule has 44 heavy (non-hydrogen) atoms. The van der Waals surface area contributed by atoms with Crippen molar-refractivity contribution in [3.63, 3.8) is 0 Å². The minimum Gasteiger partial charge on any atom is -0.495 e. The first-order valence-electron chi connectivity index (χ1n) is 14.1. The van der Waals surface area contributed by atoms with Gasteiger partial charge in [-0.3, -0.25) is 19.0 Å². The van der Waals surface area contributed by atoms with Gasteiger partial charge < -0.3 is 14.8 Å². The molecule has 0 fully saturated rings. The van der Waals surface area contributed by atoms with Crippen LogP contribution in [0.25, 0.3) is 22.0 Å². The maximum Gasteiger partial charge on any atom is 0.434 e. The molecule has 2 aromatic carbocycles. The Bertz CT molecular complexity index is 1910. The number of nitrogens with one attached hydrogen (secondary N) is 1. The van der Waals surface area contributed by atoms with Crippen molar-refractivity contribution >= 4 is 40.2 Å². The third-order valence-corrected chi connectivity index (χ3v) is 7.62. The second kappa shape index (κ2) is 12.8. The molecule has 2 aromatic heterocycles. The predicted octanol–water partition coefficient (Wildman–Crippen LogP) is 5.86. The molecule has 230 valence electrons. The zero-order chi connectivity index (χ0) is 32.3. The van der Waals surface area contributed by atoms with Crippen LogP contribution in [0.2, 0.25) is 5.02 Å². The van der Waals surface area contributed by atoms with Crippen molar-refractivity contribution in [2.24, 2.45) is 7.05 Å². The number of benzene rings is 2. The van der Waals surface area contributed by atoms with Crippen LogP contribution < -0.4 is 21.2 Å². The van der Waals surface area contributed by atoms with E-state index in [1.807, 2.05) is 6.92 Å². The molecule has 11 nitrogen and oxygen atoms in total. The number of amides is 1. The lowest BCUT2D eigenvalue weighted by Crippen LogP contribution is -2.33. The molecule has 1 amide bonds. The van der Waals surface area contributed by atoms with Crippen LogP contribution in [0.5, 0.6) is 5.75 Å². The molecule has 0 saturated carbocycles. The Kier molecular flexibility index (Phi) is 9.35. The number of aromatic nitrogens is 3. The molecule has 0 aliphatic carbocycles. The summed E-state index contributed by atoms with van der Waals surface area (Å²) in [6, 6.07) is 11.8. The third kappa shape index (κ3) is 6.26. The Labute approximate surface area is 259 Å². The van der Waals surface area contributed by atoms with Crippen LogP contribution >= 0.6 is 11.6 Å². The molecule has 2 heterocycles. The van der Waals surface area contributed by atoms with Gasteiger partial charge in [-0.1, -0.05) is 31.9 Å². The summed E-state index contributed by atoms with van der Waals surface area (Å²) in [5.74, 6) is -0.227. The lowest BCUT2D eigenvalue weighted by atomic mass is 10.00. The highest BCUT2D eigenvalue weighted by Crippen LogP contribution is 2.33. The summed E-state index contributed by atoms with van der Waals surface area (Å²) < 4.78 is 14.8. The number of nitriles is 1. The van der Waals surface area contributed by atoms with Gasteiger partial charge in [0.05, 0.1) is 35.8 Å². The summed E-state index contributed by atoms with van der Waals surface area (Å²) >= 11 is 6.16. The number of ether oxygens (including phenoxy) is 2. The molecule has 0 radical (unpaired) electrons. The Morgan fingerprint density at radius 1 is 1.09 bits per heavy atom. The van der Waals surface area contributed by atoms with Crippen molar-refractivity contribution in [1.29, 1.82) is 5.26 Å². The van der Waals surface area contributed by atoms with E-state index in [1.54, 1.807) is 45.0 Å². The molecule has 1 atom stereocenters. The van der Waals surface area contributed by atoms with Crippen LogP contribution in [0.3, 0.4) is 0 Å². The Balaban J connectivity index is 1.70. The van der Waals surface area contributed by atoms with Crippen molar-refractivity contribution in [2.45, 2.75) is 58.6 Å². The fourth-order valence-electron chi connectivity index (χ4n) is 5.26. The van der Waals surface area contributed by atoms with Gasteiger partial charge in [0.25, 0.3) is 11.1 Å². The number of carbonyl (C=O) groups is 2. The summed E-state index contributed by atoms with van der Waals surface area (Å²) in [5, 5.41) is 13.0. The number of pyridine rings is 1. The maximum atomic E-state index is 13.5. The average molecular weight is 620 g/mol. The van der Waals surface area contributed by atoms with Gasteiger partial charge in [0.1, 0.15) is 17.4 Å². The minimum atomic E-state index is -0.936. The maximum absolute atomic E-state index is 13.5. The van der Waals surface area contributed by atoms with Crippen LogP contribution in [0.1, 0.15) is 58.6 Å². The second-order valence-electron chi connectivity index (χ2n) is 11.0. The summed E-state index contributed by atoms with van der Waals surface area (Å²) in [6.45, 7) is 7.34. The van der Waals surface area contributed by atoms with E-state index in [0.29, 0.717) is 33.8 Å². The van der Waals surface area contributed by atoms with Crippen molar-refractivity contribution in [3.8, 4) is 22.9 Å². The number of halogens is 1. The van der Waals surface area contributed by atoms with Gasteiger partial charge in [-0.2, -0.15) is 9.94 Å². The normalized spacial score (nSPS) is 12.0. The number of hydrogen-bond donors (Lipinski definition) is 1. The predicted molar refractivity (Wildman–Crippen MR) is 168 cm³/mol. The molecular formula is C32H34ClN5O6. The molecule has 12 heteroatoms. The first kappa shape index (κ1) is 32.1. The largest absolute Gasteiger partial charge is 0.495 e. The number of methoxy groups -OCH3 is 1. The number of carbonyl (C=O) groups excluding carboxylic acids is 2. The van der Waals surface area contributed by atoms with E-state index in [2.05, 4.69) is 11.4 Å². The van der Waals surface area contributed by atoms with E-state index in [-0.39, 0.29) is 23.1 Å². The lowest BCUT2D eigenvalue weighted by molar-refractivity contribution is -0.119. The molecule has 4 rings (SSSR count). The van der Waals surface area contributed by atoms with Crippen molar-refractivity contribution in [3.05, 3.63) is 80.0 Å². The fourth-order valence-corrected chi connectivity index (χ4v) is 5.43. The second-order valence-corrected chi connectivity index (χ2v) is 11.4. The van der Waals surface area contributed by atoms with Crippen LogP contribution in [0.4, 0.5) is 10.5 Å². The number of nitrogens with zero attached hydrogens (tertiary/aromatic N) is 4. The van der Waals surface area contributed by atoms with Crippen LogP contribution in [0.15, 0.2) is 58.3 Å². The summed E-state index contributed by atoms with van der Waals surface area (Å²) in [4.78, 5) is 52.9. The summed E-state index contributed by atoms with van der Waals surface area (Å²) in [7, 11) is 2.89. The molecule has 0 aliphatic heterocycles. The first-order chi connectivity index (χ1) is 20.8. The zero-order valence-corrected chi connectivity index (χ0v) is 26.2. The molecule has 4 aromatic rings. The van der Waals surface area contributed by atoms with Crippen molar-refractivity contribution < 1.29 is 19.1 Å². The van der Waals surface area contributed by atoms with Crippen LogP contribution in [-0.2, 0) is 16.6 Å². The van der Waals surface area contributed by atoms with Crippen LogP contribution in [0, 0.1) is 11.3 Å². The molecular weight excluding hydrogens is 586 g/mol. The highest BCUT2D eigenvalue weighted by atomic mass is 35.5. The number of fused-ring (bicyclic) bond motifs is 1. The van der Waals surface area contributed by atoms with Gasteiger partial charge in [-0.05, 0) is 63.1 Å². The topological polar surface area (TPSA) is 137 Å². The average Bonchev–Trinajstić information content (AvgIpc) is 3.22. The molecule has 0 bridgehead atoms. The van der Waals surface area contributed by atoms with Gasteiger partial charge in [-0.15, -0.1) is 0 Å². The van der Waals surface area contributed by atoms with Gasteiger partial charge >= 0.3 is 6.09 Å². The number of anilines is 1. The summed E-state index contributed by atoms with van der Waals surface area (Å²) in [5.41, 5.74) is 0.0489. The van der Waals surface area contributed by atoms with Gasteiger partial charge in [0, 0.05) is 35.0 Å². The Hall–Kier alpha value is -4.82. The number of hydrogen-bond acceptors (Lipinski definition) is 7. The molecule has 1 N–H and O–H groups in total. The van der Waals surface area contributed by atoms with E-state index >= 15 is 0 Å². The summed E-state index contributed by atoms with van der Waals surface area (Å²) in [6.07, 6.45) is 2.41. The van der Waals surface area contributed by atoms with E-state index in [9.17, 15) is 24.4 Å². The van der Waals surface area contributed by atoms with Gasteiger partial charge in [0.2, 0.25) is 5.91 Å². The molecule has 0 aliphatic rings. The Morgan fingerprint density at radius 3 is 2.45 bits per heavy atom. The SMILES string of the molecule is CCCC(C)(C)OC(=O)n1c2cc(NC(=O)C(CC)n3cc(OC)c(-c4cc(Cl)ccc4C#N)cc3=O)ccc2c(=O)n1C. The van der Waals surface area contributed by atoms with Crippen molar-refractivity contribution in [1.82, 2.24) is 13.9 Å². The van der Waals surface area contributed by atoms with E-state index in [4.69, 9.17) is 21.1 Å². The standard InChI is InChI=1S/C32H34ClN5O6/c1-7-13-32(3,4)44-31(42)38-26-15-21(11-12-22(26)30(41)36(38)5)35-29(40)25(8-2)37-18-27(43-6)24(16-28(37)39)23-14-20(33)10-9-19(23)17-34/h9-12,14-16,18,25H,7-8,13H2,1-6H3,(H,35,40). The third-order valence-electron chi connectivity index (χ3n) is 7.39. The van der Waals surface area contributed by atoms with Crippen molar-refractivity contribution in [2.75, 3.05) is 12.4 Å². The quantitative estimate of drug-likeness (QED) is 0.248.